The molecule has 27 heavy (non-hydrogen) atoms. The van der Waals surface area contributed by atoms with Crippen LogP contribution in [-0.2, 0) is 9.59 Å². The molecule has 0 radical (unpaired) electrons. The number of hydrogen-bond acceptors (Lipinski definition) is 4. The molecule has 2 amide bonds. The highest BCUT2D eigenvalue weighted by Gasteiger charge is 2.32. The van der Waals surface area contributed by atoms with Gasteiger partial charge in [0.15, 0.2) is 0 Å². The monoisotopic (exact) mass is 373 g/mol. The summed E-state index contributed by atoms with van der Waals surface area (Å²) in [6, 6.07) is 5.42. The van der Waals surface area contributed by atoms with Crippen molar-refractivity contribution in [3.63, 3.8) is 0 Å². The Hall–Kier alpha value is -2.08. The second kappa shape index (κ2) is 8.74. The van der Waals surface area contributed by atoms with Crippen LogP contribution in [-0.4, -0.2) is 49.5 Å². The number of aryl methyl sites for hydroxylation is 1. The summed E-state index contributed by atoms with van der Waals surface area (Å²) in [4.78, 5) is 27.3. The molecule has 0 aromatic heterocycles. The molecule has 0 bridgehead atoms. The van der Waals surface area contributed by atoms with Gasteiger partial charge in [-0.15, -0.1) is 0 Å². The van der Waals surface area contributed by atoms with Gasteiger partial charge in [-0.25, -0.2) is 0 Å². The number of anilines is 1. The van der Waals surface area contributed by atoms with Crippen LogP contribution in [0.25, 0.3) is 0 Å². The Labute approximate surface area is 161 Å². The van der Waals surface area contributed by atoms with Gasteiger partial charge in [0, 0.05) is 13.1 Å². The Morgan fingerprint density at radius 3 is 2.78 bits per heavy atom. The van der Waals surface area contributed by atoms with Crippen molar-refractivity contribution in [2.45, 2.75) is 45.6 Å². The van der Waals surface area contributed by atoms with Crippen molar-refractivity contribution >= 4 is 17.5 Å². The van der Waals surface area contributed by atoms with Gasteiger partial charge < -0.3 is 15.4 Å². The molecule has 2 atom stereocenters. The molecule has 6 nitrogen and oxygen atoms in total. The molecule has 2 N–H and O–H groups in total. The van der Waals surface area contributed by atoms with Crippen LogP contribution in [0.1, 0.15) is 38.2 Å². The van der Waals surface area contributed by atoms with Gasteiger partial charge >= 0.3 is 0 Å². The van der Waals surface area contributed by atoms with E-state index in [0.717, 1.165) is 31.5 Å². The lowest BCUT2D eigenvalue weighted by atomic mass is 9.95. The third kappa shape index (κ3) is 5.22. The van der Waals surface area contributed by atoms with Gasteiger partial charge in [0.1, 0.15) is 5.75 Å². The van der Waals surface area contributed by atoms with Crippen LogP contribution in [0.5, 0.6) is 5.75 Å². The van der Waals surface area contributed by atoms with Crippen LogP contribution >= 0.6 is 0 Å². The number of ether oxygens (including phenoxy) is 1. The Balaban J connectivity index is 1.57. The molecule has 1 saturated heterocycles. The maximum absolute atomic E-state index is 12.8. The number of nitrogens with one attached hydrogen (secondary N) is 2. The zero-order valence-electron chi connectivity index (χ0n) is 16.6. The number of methoxy groups -OCH3 is 1. The molecule has 148 valence electrons. The van der Waals surface area contributed by atoms with Crippen LogP contribution < -0.4 is 15.4 Å². The fraction of sp³-hybridized carbons (Fsp3) is 0.619. The molecule has 2 unspecified atom stereocenters. The van der Waals surface area contributed by atoms with E-state index >= 15 is 0 Å². The minimum Gasteiger partial charge on any atom is -0.495 e. The summed E-state index contributed by atoms with van der Waals surface area (Å²) in [6.07, 6.45) is 4.30. The average molecular weight is 373 g/mol. The highest BCUT2D eigenvalue weighted by molar-refractivity contribution is 5.96. The summed E-state index contributed by atoms with van der Waals surface area (Å²) in [6.45, 7) is 6.16. The Morgan fingerprint density at radius 1 is 1.30 bits per heavy atom. The molecule has 2 aliphatic rings. The van der Waals surface area contributed by atoms with E-state index in [2.05, 4.69) is 15.5 Å². The predicted octanol–water partition coefficient (Wildman–Crippen LogP) is 2.57. The fourth-order valence-electron chi connectivity index (χ4n) is 3.61. The number of nitrogens with zero attached hydrogens (tertiary/aromatic N) is 1. The van der Waals surface area contributed by atoms with Crippen molar-refractivity contribution in [1.82, 2.24) is 10.2 Å². The van der Waals surface area contributed by atoms with E-state index in [9.17, 15) is 9.59 Å². The number of rotatable bonds is 7. The maximum atomic E-state index is 12.8. The van der Waals surface area contributed by atoms with E-state index in [1.165, 1.54) is 12.8 Å². The van der Waals surface area contributed by atoms with Gasteiger partial charge in [-0.05, 0) is 69.7 Å². The van der Waals surface area contributed by atoms with Gasteiger partial charge in [0.2, 0.25) is 11.8 Å². The maximum Gasteiger partial charge on any atom is 0.241 e. The zero-order valence-corrected chi connectivity index (χ0v) is 16.6. The summed E-state index contributed by atoms with van der Waals surface area (Å²) in [7, 11) is 1.60. The van der Waals surface area contributed by atoms with Crippen LogP contribution in [0.2, 0.25) is 0 Å². The first-order valence-electron chi connectivity index (χ1n) is 9.95. The van der Waals surface area contributed by atoms with Crippen molar-refractivity contribution in [3.05, 3.63) is 23.8 Å². The van der Waals surface area contributed by atoms with Crippen LogP contribution in [0.15, 0.2) is 18.2 Å². The smallest absolute Gasteiger partial charge is 0.241 e. The van der Waals surface area contributed by atoms with Gasteiger partial charge in [-0.3, -0.25) is 14.5 Å². The first-order valence-corrected chi connectivity index (χ1v) is 9.95. The van der Waals surface area contributed by atoms with Crippen molar-refractivity contribution < 1.29 is 14.3 Å². The second-order valence-electron chi connectivity index (χ2n) is 7.89. The Morgan fingerprint density at radius 2 is 2.07 bits per heavy atom. The third-order valence-corrected chi connectivity index (χ3v) is 5.63. The van der Waals surface area contributed by atoms with Gasteiger partial charge in [-0.2, -0.15) is 0 Å². The normalized spacial score (nSPS) is 21.4. The SMILES string of the molecule is COc1ccc(C)cc1NC(=O)C(C)N1CCCC(C(=O)NCC2CC2)C1. The fourth-order valence-corrected chi connectivity index (χ4v) is 3.61. The summed E-state index contributed by atoms with van der Waals surface area (Å²) < 4.78 is 5.34. The topological polar surface area (TPSA) is 70.7 Å². The molecular formula is C21H31N3O3. The van der Waals surface area contributed by atoms with E-state index in [-0.39, 0.29) is 23.8 Å². The largest absolute Gasteiger partial charge is 0.495 e. The predicted molar refractivity (Wildman–Crippen MR) is 106 cm³/mol. The molecule has 1 aliphatic heterocycles. The zero-order chi connectivity index (χ0) is 19.4. The molecule has 1 saturated carbocycles. The van der Waals surface area contributed by atoms with Gasteiger partial charge in [0.05, 0.1) is 24.8 Å². The van der Waals surface area contributed by atoms with Crippen molar-refractivity contribution in [3.8, 4) is 5.75 Å². The number of amides is 2. The van der Waals surface area contributed by atoms with Gasteiger partial charge in [-0.1, -0.05) is 6.07 Å². The summed E-state index contributed by atoms with van der Waals surface area (Å²) in [5, 5.41) is 6.07. The summed E-state index contributed by atoms with van der Waals surface area (Å²) in [5.41, 5.74) is 1.74. The number of likely N-dealkylation sites (tertiary alicyclic amines) is 1. The van der Waals surface area contributed by atoms with Crippen molar-refractivity contribution in [1.29, 1.82) is 0 Å². The molecule has 1 aromatic rings. The summed E-state index contributed by atoms with van der Waals surface area (Å²) >= 11 is 0. The lowest BCUT2D eigenvalue weighted by Gasteiger charge is -2.35. The lowest BCUT2D eigenvalue weighted by Crippen LogP contribution is -2.50. The minimum absolute atomic E-state index is 0.0266. The molecule has 1 aromatic carbocycles. The lowest BCUT2D eigenvalue weighted by molar-refractivity contribution is -0.129. The average Bonchev–Trinajstić information content (AvgIpc) is 3.50. The van der Waals surface area contributed by atoms with E-state index < -0.39 is 0 Å². The van der Waals surface area contributed by atoms with Crippen LogP contribution in [0.3, 0.4) is 0 Å². The van der Waals surface area contributed by atoms with E-state index in [4.69, 9.17) is 4.74 Å². The molecule has 1 aliphatic carbocycles. The number of hydrogen-bond donors (Lipinski definition) is 2. The molecule has 1 heterocycles. The second-order valence-corrected chi connectivity index (χ2v) is 7.89. The molecule has 2 fully saturated rings. The minimum atomic E-state index is -0.297. The summed E-state index contributed by atoms with van der Waals surface area (Å²) in [5.74, 6) is 1.37. The number of carbonyl (C=O) groups is 2. The molecule has 0 spiro atoms. The molecule has 6 heteroatoms. The number of benzene rings is 1. The number of piperidine rings is 1. The van der Waals surface area contributed by atoms with Gasteiger partial charge in [0.25, 0.3) is 0 Å². The van der Waals surface area contributed by atoms with Crippen molar-refractivity contribution in [2.24, 2.45) is 11.8 Å². The quantitative estimate of drug-likeness (QED) is 0.771. The van der Waals surface area contributed by atoms with Crippen molar-refractivity contribution in [2.75, 3.05) is 32.1 Å². The Kier molecular flexibility index (Phi) is 6.37. The third-order valence-electron chi connectivity index (χ3n) is 5.63. The standard InChI is InChI=1S/C21H31N3O3/c1-14-6-9-19(27-3)18(11-14)23-20(25)15(2)24-10-4-5-17(13-24)21(26)22-12-16-7-8-16/h6,9,11,15-17H,4-5,7-8,10,12-13H2,1-3H3,(H,22,26)(H,23,25). The van der Waals surface area contributed by atoms with E-state index in [1.807, 2.05) is 32.0 Å². The highest BCUT2D eigenvalue weighted by atomic mass is 16.5. The first kappa shape index (κ1) is 19.7. The highest BCUT2D eigenvalue weighted by Crippen LogP contribution is 2.28. The molecule has 3 rings (SSSR count). The first-order chi connectivity index (χ1) is 13.0. The van der Waals surface area contributed by atoms with Crippen LogP contribution in [0, 0.1) is 18.8 Å². The Bertz CT molecular complexity index is 687. The number of carbonyl (C=O) groups excluding carboxylic acids is 2. The van der Waals surface area contributed by atoms with E-state index in [0.29, 0.717) is 23.9 Å². The molecular weight excluding hydrogens is 342 g/mol. The van der Waals surface area contributed by atoms with Crippen LogP contribution in [0.4, 0.5) is 5.69 Å². The van der Waals surface area contributed by atoms with E-state index in [1.54, 1.807) is 7.11 Å².